The summed E-state index contributed by atoms with van der Waals surface area (Å²) in [6, 6.07) is 14.4. The van der Waals surface area contributed by atoms with Crippen LogP contribution in [-0.2, 0) is 9.13 Å². The highest BCUT2D eigenvalue weighted by molar-refractivity contribution is 8.65. The van der Waals surface area contributed by atoms with Gasteiger partial charge in [-0.15, -0.1) is 23.2 Å². The van der Waals surface area contributed by atoms with Gasteiger partial charge in [-0.2, -0.15) is 10.2 Å². The Balaban J connectivity index is 1.42. The maximum absolute atomic E-state index is 14.2. The van der Waals surface area contributed by atoms with Gasteiger partial charge in [0.05, 0.1) is 11.8 Å². The fourth-order valence-electron chi connectivity index (χ4n) is 3.89. The van der Waals surface area contributed by atoms with Gasteiger partial charge < -0.3 is 0 Å². The average molecular weight is 742 g/mol. The molecule has 43 heavy (non-hydrogen) atoms. The molecule has 4 atom stereocenters. The molecule has 2 aliphatic rings. The van der Waals surface area contributed by atoms with Crippen LogP contribution in [0.15, 0.2) is 68.7 Å². The normalized spacial score (nSPS) is 25.9. The van der Waals surface area contributed by atoms with Crippen LogP contribution in [0.2, 0.25) is 10.0 Å². The lowest BCUT2D eigenvalue weighted by molar-refractivity contribution is 0.561. The van der Waals surface area contributed by atoms with E-state index in [0.29, 0.717) is 62.4 Å². The molecule has 0 fully saturated rings. The first-order valence-electron chi connectivity index (χ1n) is 13.0. The molecule has 4 N–H and O–H groups in total. The first-order chi connectivity index (χ1) is 20.6. The molecule has 0 saturated heterocycles. The summed E-state index contributed by atoms with van der Waals surface area (Å²) in [5.41, 5.74) is 8.36. The van der Waals surface area contributed by atoms with Crippen molar-refractivity contribution >= 4 is 104 Å². The van der Waals surface area contributed by atoms with E-state index in [-0.39, 0.29) is 11.8 Å². The monoisotopic (exact) mass is 740 g/mol. The van der Waals surface area contributed by atoms with Gasteiger partial charge in [-0.3, -0.25) is 30.2 Å². The number of hydrogen-bond donors (Lipinski definition) is 4. The Morgan fingerprint density at radius 3 is 1.53 bits per heavy atom. The molecule has 2 aromatic rings. The van der Waals surface area contributed by atoms with E-state index in [1.807, 2.05) is 36.4 Å². The summed E-state index contributed by atoms with van der Waals surface area (Å²) in [6.07, 6.45) is 0.512. The standard InChI is InChI=1S/C25H30Cl4N8O2P2S2/c1-16(14-26)34-36-24-32-22(18-8-3-5-10-20(18)28)40(38,42-24)30-12-7-13-31-41(39)23(19-9-4-6-11-21(19)29)33-25(43-41)37-35-17(2)15-27/h3-6,8-11,22-23H,7,12-15H2,1-2H3,(H,30,38)(H,31,39)(H,32,36)(H,33,37)/b34-16+,35-17+. The lowest BCUT2D eigenvalue weighted by atomic mass is 10.2. The molecule has 2 heterocycles. The molecule has 4 rings (SSSR count). The number of amidine groups is 2. The number of hydrazone groups is 2. The van der Waals surface area contributed by atoms with Crippen molar-refractivity contribution in [3.05, 3.63) is 69.7 Å². The van der Waals surface area contributed by atoms with Crippen LogP contribution >= 0.6 is 82.2 Å². The molecule has 232 valence electrons. The summed E-state index contributed by atoms with van der Waals surface area (Å²) in [7, 11) is 0. The summed E-state index contributed by atoms with van der Waals surface area (Å²) in [5.74, 6) is -0.907. The van der Waals surface area contributed by atoms with E-state index in [2.05, 4.69) is 41.2 Å². The Kier molecular flexibility index (Phi) is 12.9. The second kappa shape index (κ2) is 16.0. The van der Waals surface area contributed by atoms with E-state index in [4.69, 9.17) is 46.4 Å². The Bertz CT molecular complexity index is 1430. The van der Waals surface area contributed by atoms with E-state index in [1.54, 1.807) is 26.0 Å². The molecule has 2 aliphatic heterocycles. The molecular formula is C25H30Cl4N8O2P2S2. The first kappa shape index (κ1) is 34.8. The van der Waals surface area contributed by atoms with Gasteiger partial charge in [0, 0.05) is 45.7 Å². The third-order valence-corrected chi connectivity index (χ3v) is 16.8. The zero-order chi connectivity index (χ0) is 31.0. The van der Waals surface area contributed by atoms with Crippen molar-refractivity contribution in [3.63, 3.8) is 0 Å². The van der Waals surface area contributed by atoms with Crippen LogP contribution in [0.3, 0.4) is 0 Å². The second-order valence-electron chi connectivity index (χ2n) is 9.39. The van der Waals surface area contributed by atoms with Crippen molar-refractivity contribution < 1.29 is 9.13 Å². The highest BCUT2D eigenvalue weighted by Gasteiger charge is 2.44. The summed E-state index contributed by atoms with van der Waals surface area (Å²) in [5, 5.41) is 16.5. The molecule has 4 unspecified atom stereocenters. The van der Waals surface area contributed by atoms with Crippen molar-refractivity contribution in [3.8, 4) is 0 Å². The van der Waals surface area contributed by atoms with Gasteiger partial charge in [0.2, 0.25) is 13.0 Å². The minimum Gasteiger partial charge on any atom is -0.292 e. The number of benzene rings is 2. The molecule has 0 amide bonds. The maximum Gasteiger partial charge on any atom is 0.236 e. The number of nitrogens with one attached hydrogen (secondary N) is 4. The number of halogens is 4. The molecule has 0 saturated carbocycles. The fraction of sp³-hybridized carbons (Fsp3) is 0.360. The van der Waals surface area contributed by atoms with Gasteiger partial charge in [0.15, 0.2) is 21.9 Å². The van der Waals surface area contributed by atoms with Crippen molar-refractivity contribution in [2.45, 2.75) is 31.8 Å². The Hall–Kier alpha value is -1.04. The van der Waals surface area contributed by atoms with Crippen LogP contribution in [0.4, 0.5) is 0 Å². The van der Waals surface area contributed by atoms with Gasteiger partial charge in [-0.25, -0.2) is 9.98 Å². The number of rotatable bonds is 12. The van der Waals surface area contributed by atoms with Gasteiger partial charge in [-0.1, -0.05) is 59.6 Å². The highest BCUT2D eigenvalue weighted by atomic mass is 35.5. The summed E-state index contributed by atoms with van der Waals surface area (Å²) >= 11 is 26.8. The predicted molar refractivity (Wildman–Crippen MR) is 188 cm³/mol. The van der Waals surface area contributed by atoms with Crippen LogP contribution in [-0.4, -0.2) is 46.6 Å². The zero-order valence-corrected chi connectivity index (χ0v) is 29.6. The molecule has 0 aromatic heterocycles. The summed E-state index contributed by atoms with van der Waals surface area (Å²) < 4.78 is 28.4. The quantitative estimate of drug-likeness (QED) is 0.0562. The van der Waals surface area contributed by atoms with Crippen LogP contribution in [0.5, 0.6) is 0 Å². The minimum atomic E-state index is -3.20. The number of hydrogen-bond acceptors (Lipinski definition) is 10. The van der Waals surface area contributed by atoms with Crippen molar-refractivity contribution in [2.75, 3.05) is 24.8 Å². The fourth-order valence-corrected chi connectivity index (χ4v) is 13.7. The van der Waals surface area contributed by atoms with Gasteiger partial charge in [0.1, 0.15) is 0 Å². The lowest BCUT2D eigenvalue weighted by Gasteiger charge is -2.22. The molecule has 0 aliphatic carbocycles. The number of nitrogens with zero attached hydrogens (tertiary/aromatic N) is 4. The van der Waals surface area contributed by atoms with Crippen molar-refractivity contribution in [1.82, 2.24) is 21.0 Å². The van der Waals surface area contributed by atoms with Gasteiger partial charge in [0.25, 0.3) is 0 Å². The molecule has 0 bridgehead atoms. The lowest BCUT2D eigenvalue weighted by Crippen LogP contribution is -2.20. The van der Waals surface area contributed by atoms with E-state index >= 15 is 0 Å². The summed E-state index contributed by atoms with van der Waals surface area (Å²) in [6.45, 7) is -2.12. The average Bonchev–Trinajstić information content (AvgIpc) is 3.51. The van der Waals surface area contributed by atoms with E-state index < -0.39 is 24.6 Å². The first-order valence-corrected chi connectivity index (χ1v) is 21.2. The molecule has 0 spiro atoms. The van der Waals surface area contributed by atoms with Gasteiger partial charge in [-0.05, 0) is 55.2 Å². The molecule has 2 aromatic carbocycles. The van der Waals surface area contributed by atoms with Crippen LogP contribution in [0.25, 0.3) is 0 Å². The smallest absolute Gasteiger partial charge is 0.236 e. The highest BCUT2D eigenvalue weighted by Crippen LogP contribution is 2.72. The van der Waals surface area contributed by atoms with E-state index in [1.165, 1.54) is 0 Å². The molecular weight excluding hydrogens is 712 g/mol. The third kappa shape index (κ3) is 9.03. The van der Waals surface area contributed by atoms with Crippen LogP contribution in [0.1, 0.15) is 43.0 Å². The molecule has 10 nitrogen and oxygen atoms in total. The Morgan fingerprint density at radius 2 is 1.16 bits per heavy atom. The second-order valence-corrected chi connectivity index (χ2v) is 20.2. The Labute approximate surface area is 279 Å². The third-order valence-electron chi connectivity index (χ3n) is 6.02. The number of alkyl halides is 2. The van der Waals surface area contributed by atoms with Crippen LogP contribution < -0.4 is 21.0 Å². The van der Waals surface area contributed by atoms with Crippen LogP contribution in [0, 0.1) is 0 Å². The molecule has 0 radical (unpaired) electrons. The topological polar surface area (TPSA) is 132 Å². The largest absolute Gasteiger partial charge is 0.292 e. The SMILES string of the molecule is C/C(CCl)=N\NC1=NC(c2ccccc2Cl)P(=O)(NCCCNP2(=O)SC(N/N=C(\C)CCl)=NC2c2ccccc2Cl)S1. The van der Waals surface area contributed by atoms with E-state index in [0.717, 1.165) is 22.8 Å². The number of aliphatic imine (C=N–C) groups is 2. The van der Waals surface area contributed by atoms with E-state index in [9.17, 15) is 9.13 Å². The Morgan fingerprint density at radius 1 is 0.767 bits per heavy atom. The van der Waals surface area contributed by atoms with Crippen molar-refractivity contribution in [1.29, 1.82) is 0 Å². The molecule has 18 heteroatoms. The maximum atomic E-state index is 14.2. The summed E-state index contributed by atoms with van der Waals surface area (Å²) in [4.78, 5) is 9.28. The van der Waals surface area contributed by atoms with Crippen molar-refractivity contribution in [2.24, 2.45) is 20.2 Å². The van der Waals surface area contributed by atoms with Gasteiger partial charge >= 0.3 is 0 Å². The predicted octanol–water partition coefficient (Wildman–Crippen LogP) is 8.26. The minimum absolute atomic E-state index is 0.254. The zero-order valence-electron chi connectivity index (χ0n) is 23.1.